The number of rotatable bonds is 5. The first-order chi connectivity index (χ1) is 11.0. The van der Waals surface area contributed by atoms with Crippen LogP contribution in [0, 0.1) is 0 Å². The van der Waals surface area contributed by atoms with Crippen molar-refractivity contribution in [2.45, 2.75) is 6.54 Å². The molecule has 2 aromatic rings. The van der Waals surface area contributed by atoms with Crippen LogP contribution >= 0.6 is 27.5 Å². The second kappa shape index (κ2) is 7.99. The van der Waals surface area contributed by atoms with E-state index >= 15 is 0 Å². The predicted molar refractivity (Wildman–Crippen MR) is 92.1 cm³/mol. The summed E-state index contributed by atoms with van der Waals surface area (Å²) in [5, 5.41) is 3.19. The second-order valence-electron chi connectivity index (χ2n) is 4.68. The number of amides is 1. The molecule has 0 unspecified atom stereocenters. The number of halogens is 2. The number of ether oxygens (including phenoxy) is 1. The van der Waals surface area contributed by atoms with Gasteiger partial charge in [0.2, 0.25) is 0 Å². The van der Waals surface area contributed by atoms with Gasteiger partial charge in [-0.15, -0.1) is 0 Å². The van der Waals surface area contributed by atoms with E-state index in [9.17, 15) is 9.59 Å². The van der Waals surface area contributed by atoms with E-state index in [1.165, 1.54) is 0 Å². The fourth-order valence-electron chi connectivity index (χ4n) is 1.80. The van der Waals surface area contributed by atoms with Gasteiger partial charge >= 0.3 is 5.97 Å². The molecule has 0 aliphatic heterocycles. The minimum atomic E-state index is -0.656. The van der Waals surface area contributed by atoms with Gasteiger partial charge in [-0.3, -0.25) is 4.79 Å². The van der Waals surface area contributed by atoms with Gasteiger partial charge in [-0.05, 0) is 29.8 Å². The van der Waals surface area contributed by atoms with Gasteiger partial charge in [0.1, 0.15) is 0 Å². The summed E-state index contributed by atoms with van der Waals surface area (Å²) in [4.78, 5) is 23.7. The van der Waals surface area contributed by atoms with Crippen molar-refractivity contribution in [3.8, 4) is 0 Å². The highest BCUT2D eigenvalue weighted by atomic mass is 79.9. The summed E-state index contributed by atoms with van der Waals surface area (Å²) in [5.41, 5.74) is 6.99. The summed E-state index contributed by atoms with van der Waals surface area (Å²) in [6, 6.07) is 12.0. The van der Waals surface area contributed by atoms with Crippen LogP contribution in [0.2, 0.25) is 5.02 Å². The Kier molecular flexibility index (Phi) is 6.01. The van der Waals surface area contributed by atoms with Gasteiger partial charge in [0, 0.05) is 21.7 Å². The Morgan fingerprint density at radius 1 is 1.22 bits per heavy atom. The van der Waals surface area contributed by atoms with Crippen LogP contribution in [0.3, 0.4) is 0 Å². The highest BCUT2D eigenvalue weighted by Crippen LogP contribution is 2.19. The van der Waals surface area contributed by atoms with Gasteiger partial charge in [-0.2, -0.15) is 0 Å². The van der Waals surface area contributed by atoms with Crippen molar-refractivity contribution in [1.82, 2.24) is 5.32 Å². The fraction of sp³-hybridized carbons (Fsp3) is 0.125. The molecule has 0 spiro atoms. The van der Waals surface area contributed by atoms with Crippen LogP contribution in [0.4, 0.5) is 5.69 Å². The van der Waals surface area contributed by atoms with Crippen molar-refractivity contribution in [2.24, 2.45) is 0 Å². The van der Waals surface area contributed by atoms with E-state index in [1.807, 2.05) is 6.07 Å². The molecule has 3 N–H and O–H groups in total. The summed E-state index contributed by atoms with van der Waals surface area (Å²) in [6.07, 6.45) is 0. The molecule has 0 radical (unpaired) electrons. The molecule has 120 valence electrons. The van der Waals surface area contributed by atoms with Crippen LogP contribution in [0.25, 0.3) is 0 Å². The molecule has 5 nitrogen and oxygen atoms in total. The lowest BCUT2D eigenvalue weighted by molar-refractivity contribution is -0.124. The van der Waals surface area contributed by atoms with Gasteiger partial charge in [-0.25, -0.2) is 4.79 Å². The van der Waals surface area contributed by atoms with Crippen LogP contribution in [0.1, 0.15) is 15.9 Å². The summed E-state index contributed by atoms with van der Waals surface area (Å²) < 4.78 is 5.66. The van der Waals surface area contributed by atoms with Gasteiger partial charge < -0.3 is 15.8 Å². The Morgan fingerprint density at radius 3 is 2.70 bits per heavy atom. The Hall–Kier alpha value is -2.05. The molecule has 0 heterocycles. The Labute approximate surface area is 146 Å². The maximum atomic E-state index is 11.9. The summed E-state index contributed by atoms with van der Waals surface area (Å²) in [5.74, 6) is -1.08. The third kappa shape index (κ3) is 4.97. The number of benzene rings is 2. The second-order valence-corrected chi connectivity index (χ2v) is 6.00. The molecule has 7 heteroatoms. The first kappa shape index (κ1) is 17.3. The van der Waals surface area contributed by atoms with E-state index < -0.39 is 18.5 Å². The van der Waals surface area contributed by atoms with Gasteiger partial charge in [0.15, 0.2) is 6.61 Å². The van der Waals surface area contributed by atoms with E-state index in [2.05, 4.69) is 21.2 Å². The normalized spacial score (nSPS) is 10.2. The number of esters is 1. The van der Waals surface area contributed by atoms with Crippen LogP contribution in [-0.4, -0.2) is 18.5 Å². The summed E-state index contributed by atoms with van der Waals surface area (Å²) >= 11 is 9.24. The van der Waals surface area contributed by atoms with Gasteiger partial charge in [-0.1, -0.05) is 45.7 Å². The minimum Gasteiger partial charge on any atom is -0.452 e. The van der Waals surface area contributed by atoms with E-state index in [0.717, 1.165) is 5.56 Å². The molecule has 0 fully saturated rings. The minimum absolute atomic E-state index is 0.207. The van der Waals surface area contributed by atoms with Crippen molar-refractivity contribution in [2.75, 3.05) is 12.3 Å². The van der Waals surface area contributed by atoms with Crippen molar-refractivity contribution in [3.05, 3.63) is 63.1 Å². The Bertz CT molecular complexity index is 737. The molecule has 0 aliphatic carbocycles. The molecule has 0 aliphatic rings. The lowest BCUT2D eigenvalue weighted by atomic mass is 10.2. The maximum Gasteiger partial charge on any atom is 0.340 e. The predicted octanol–water partition coefficient (Wildman–Crippen LogP) is 3.16. The topological polar surface area (TPSA) is 81.4 Å². The van der Waals surface area contributed by atoms with Crippen molar-refractivity contribution in [1.29, 1.82) is 0 Å². The molecule has 0 atom stereocenters. The van der Waals surface area contributed by atoms with Crippen LogP contribution in [-0.2, 0) is 16.1 Å². The van der Waals surface area contributed by atoms with Crippen molar-refractivity contribution < 1.29 is 14.3 Å². The first-order valence-corrected chi connectivity index (χ1v) is 7.86. The Balaban J connectivity index is 1.86. The standard InChI is InChI=1S/C16H14BrClN2O3/c17-11-5-6-14(19)12(7-11)16(22)23-9-15(21)20-8-10-3-1-2-4-13(10)18/h1-7H,8-9,19H2,(H,20,21). The molecule has 2 rings (SSSR count). The zero-order chi connectivity index (χ0) is 16.8. The largest absolute Gasteiger partial charge is 0.452 e. The lowest BCUT2D eigenvalue weighted by Gasteiger charge is -2.09. The molecule has 0 aromatic heterocycles. The third-order valence-corrected chi connectivity index (χ3v) is 3.87. The average Bonchev–Trinajstić information content (AvgIpc) is 2.54. The maximum absolute atomic E-state index is 11.9. The van der Waals surface area contributed by atoms with Crippen LogP contribution in [0.5, 0.6) is 0 Å². The van der Waals surface area contributed by atoms with Gasteiger partial charge in [0.25, 0.3) is 5.91 Å². The van der Waals surface area contributed by atoms with Crippen LogP contribution in [0.15, 0.2) is 46.9 Å². The third-order valence-electron chi connectivity index (χ3n) is 3.00. The summed E-state index contributed by atoms with van der Waals surface area (Å²) in [6.45, 7) is -0.135. The SMILES string of the molecule is Nc1ccc(Br)cc1C(=O)OCC(=O)NCc1ccccc1Cl. The molecule has 1 amide bonds. The zero-order valence-electron chi connectivity index (χ0n) is 12.0. The highest BCUT2D eigenvalue weighted by Gasteiger charge is 2.14. The van der Waals surface area contributed by atoms with Gasteiger partial charge in [0.05, 0.1) is 5.56 Å². The van der Waals surface area contributed by atoms with E-state index in [-0.39, 0.29) is 17.8 Å². The Morgan fingerprint density at radius 2 is 1.96 bits per heavy atom. The smallest absolute Gasteiger partial charge is 0.340 e. The number of carbonyl (C=O) groups excluding carboxylic acids is 2. The number of anilines is 1. The van der Waals surface area contributed by atoms with E-state index in [1.54, 1.807) is 36.4 Å². The molecule has 0 saturated carbocycles. The number of hydrogen-bond acceptors (Lipinski definition) is 4. The summed E-state index contributed by atoms with van der Waals surface area (Å²) in [7, 11) is 0. The molecule has 0 bridgehead atoms. The zero-order valence-corrected chi connectivity index (χ0v) is 14.4. The molecule has 0 saturated heterocycles. The van der Waals surface area contributed by atoms with E-state index in [4.69, 9.17) is 22.1 Å². The number of carbonyl (C=O) groups is 2. The molecular weight excluding hydrogens is 384 g/mol. The first-order valence-electron chi connectivity index (χ1n) is 6.69. The number of hydrogen-bond donors (Lipinski definition) is 2. The molecule has 23 heavy (non-hydrogen) atoms. The van der Waals surface area contributed by atoms with Crippen molar-refractivity contribution >= 4 is 45.1 Å². The van der Waals surface area contributed by atoms with Crippen LogP contribution < -0.4 is 11.1 Å². The molecule has 2 aromatic carbocycles. The fourth-order valence-corrected chi connectivity index (χ4v) is 2.36. The molecular formula is C16H14BrClN2O3. The quantitative estimate of drug-likeness (QED) is 0.600. The van der Waals surface area contributed by atoms with Crippen molar-refractivity contribution in [3.63, 3.8) is 0 Å². The lowest BCUT2D eigenvalue weighted by Crippen LogP contribution is -2.28. The number of nitrogen functional groups attached to an aromatic ring is 1. The van der Waals surface area contributed by atoms with E-state index in [0.29, 0.717) is 9.50 Å². The number of nitrogens with two attached hydrogens (primary N) is 1. The monoisotopic (exact) mass is 396 g/mol. The number of nitrogens with one attached hydrogen (secondary N) is 1. The average molecular weight is 398 g/mol. The highest BCUT2D eigenvalue weighted by molar-refractivity contribution is 9.10.